The lowest BCUT2D eigenvalue weighted by Crippen LogP contribution is -2.74. The van der Waals surface area contributed by atoms with Crippen molar-refractivity contribution in [2.75, 3.05) is 19.6 Å². The number of piperazine rings is 1. The van der Waals surface area contributed by atoms with Crippen LogP contribution in [-0.4, -0.2) is 71.3 Å². The third-order valence-corrected chi connectivity index (χ3v) is 7.06. The number of urea groups is 1. The van der Waals surface area contributed by atoms with E-state index < -0.39 is 12.2 Å². The van der Waals surface area contributed by atoms with Crippen LogP contribution < -0.4 is 10.8 Å². The molecular formula is C30H30BN5O3. The number of amides is 4. The smallest absolute Gasteiger partial charge is 0.333 e. The lowest BCUT2D eigenvalue weighted by Gasteiger charge is -2.54. The van der Waals surface area contributed by atoms with Crippen LogP contribution in [0.4, 0.5) is 4.79 Å². The third kappa shape index (κ3) is 5.52. The summed E-state index contributed by atoms with van der Waals surface area (Å²) in [6, 6.07) is 25.6. The van der Waals surface area contributed by atoms with E-state index in [2.05, 4.69) is 11.2 Å². The zero-order valence-electron chi connectivity index (χ0n) is 21.9. The average molecular weight is 519 g/mol. The van der Waals surface area contributed by atoms with Gasteiger partial charge >= 0.3 is 6.03 Å². The second-order valence-corrected chi connectivity index (χ2v) is 9.82. The highest BCUT2D eigenvalue weighted by Crippen LogP contribution is 2.35. The van der Waals surface area contributed by atoms with Gasteiger partial charge in [-0.05, 0) is 16.7 Å². The van der Waals surface area contributed by atoms with Crippen LogP contribution >= 0.6 is 0 Å². The monoisotopic (exact) mass is 519 g/mol. The Labute approximate surface area is 229 Å². The van der Waals surface area contributed by atoms with Crippen molar-refractivity contribution in [3.8, 4) is 12.3 Å². The highest BCUT2D eigenvalue weighted by Gasteiger charge is 2.51. The molecule has 2 saturated heterocycles. The fraction of sp³-hybridized carbons (Fsp3) is 0.233. The molecule has 0 aliphatic carbocycles. The Morgan fingerprint density at radius 3 is 2.36 bits per heavy atom. The Bertz CT molecular complexity index is 1390. The van der Waals surface area contributed by atoms with Crippen LogP contribution in [-0.2, 0) is 22.7 Å². The Balaban J connectivity index is 1.52. The van der Waals surface area contributed by atoms with E-state index >= 15 is 0 Å². The number of carbonyl (C=O) groups is 3. The number of hydrogen-bond acceptors (Lipinski definition) is 4. The number of nitrogens with one attached hydrogen (secondary N) is 1. The number of nitrogens with zero attached hydrogens (tertiary/aromatic N) is 4. The molecule has 2 fully saturated rings. The fourth-order valence-electron chi connectivity index (χ4n) is 5.31. The molecule has 0 bridgehead atoms. The van der Waals surface area contributed by atoms with E-state index in [9.17, 15) is 14.4 Å². The van der Waals surface area contributed by atoms with Gasteiger partial charge in [-0.15, -0.1) is 6.42 Å². The van der Waals surface area contributed by atoms with Gasteiger partial charge < -0.3 is 15.1 Å². The predicted molar refractivity (Wildman–Crippen MR) is 151 cm³/mol. The highest BCUT2D eigenvalue weighted by atomic mass is 16.2. The van der Waals surface area contributed by atoms with Crippen LogP contribution in [0.3, 0.4) is 0 Å². The molecule has 0 aromatic heterocycles. The van der Waals surface area contributed by atoms with Crippen molar-refractivity contribution < 1.29 is 14.4 Å². The largest absolute Gasteiger partial charge is 0.334 e. The molecule has 0 radical (unpaired) electrons. The molecule has 2 aliphatic heterocycles. The van der Waals surface area contributed by atoms with Gasteiger partial charge in [0.05, 0.1) is 19.6 Å². The number of fused-ring (bicyclic) bond motifs is 1. The number of benzene rings is 3. The first-order valence-electron chi connectivity index (χ1n) is 13.0. The van der Waals surface area contributed by atoms with Gasteiger partial charge in [-0.3, -0.25) is 9.59 Å². The standard InChI is InChI=1S/C30H30BN5O3/c1-2-16-34-21-27(37)35-26(36(34)30(39)32-18-22-10-5-3-6-11-22)20-33(19-23-12-9-15-25(31)17-23)29(38)28(35)24-13-7-4-8-14-24/h1,3-15,17,26,28H,16,18-21,31H2,(H,32,39)/t26-,28-/m0/s1. The molecule has 5 rings (SSSR count). The predicted octanol–water partition coefficient (Wildman–Crippen LogP) is 1.26. The molecule has 1 N–H and O–H groups in total. The van der Waals surface area contributed by atoms with Gasteiger partial charge in [0.25, 0.3) is 5.91 Å². The van der Waals surface area contributed by atoms with Crippen LogP contribution in [0.1, 0.15) is 22.7 Å². The molecule has 0 saturated carbocycles. The minimum atomic E-state index is -0.861. The van der Waals surface area contributed by atoms with Crippen molar-refractivity contribution in [3.63, 3.8) is 0 Å². The van der Waals surface area contributed by atoms with E-state index in [0.717, 1.165) is 16.6 Å². The third-order valence-electron chi connectivity index (χ3n) is 7.06. The Kier molecular flexibility index (Phi) is 7.66. The molecule has 3 aromatic rings. The van der Waals surface area contributed by atoms with E-state index in [0.29, 0.717) is 18.7 Å². The lowest BCUT2D eigenvalue weighted by molar-refractivity contribution is -0.190. The summed E-state index contributed by atoms with van der Waals surface area (Å²) in [5.41, 5.74) is 3.71. The van der Waals surface area contributed by atoms with Gasteiger partial charge in [0.1, 0.15) is 20.1 Å². The first kappa shape index (κ1) is 26.1. The molecule has 2 aliphatic rings. The van der Waals surface area contributed by atoms with Crippen molar-refractivity contribution in [1.29, 1.82) is 0 Å². The maximum atomic E-state index is 14.0. The summed E-state index contributed by atoms with van der Waals surface area (Å²) in [5, 5.41) is 6.09. The van der Waals surface area contributed by atoms with Gasteiger partial charge in [-0.25, -0.2) is 9.80 Å². The van der Waals surface area contributed by atoms with Crippen molar-refractivity contribution in [1.82, 2.24) is 25.1 Å². The second-order valence-electron chi connectivity index (χ2n) is 9.82. The summed E-state index contributed by atoms with van der Waals surface area (Å²) < 4.78 is 0. The molecule has 0 unspecified atom stereocenters. The van der Waals surface area contributed by atoms with Crippen LogP contribution in [0.15, 0.2) is 84.9 Å². The lowest BCUT2D eigenvalue weighted by atomic mass is 9.94. The van der Waals surface area contributed by atoms with E-state index in [4.69, 9.17) is 6.42 Å². The molecule has 8 nitrogen and oxygen atoms in total. The maximum Gasteiger partial charge on any atom is 0.334 e. The zero-order chi connectivity index (χ0) is 27.4. The van der Waals surface area contributed by atoms with Gasteiger partial charge in [0.15, 0.2) is 0 Å². The van der Waals surface area contributed by atoms with Gasteiger partial charge in [0.2, 0.25) is 5.91 Å². The zero-order valence-corrected chi connectivity index (χ0v) is 21.9. The minimum Gasteiger partial charge on any atom is -0.333 e. The summed E-state index contributed by atoms with van der Waals surface area (Å²) in [6.45, 7) is 0.804. The fourth-order valence-corrected chi connectivity index (χ4v) is 5.31. The first-order valence-corrected chi connectivity index (χ1v) is 13.0. The normalized spacial score (nSPS) is 19.4. The number of rotatable bonds is 6. The summed E-state index contributed by atoms with van der Waals surface area (Å²) in [5.74, 6) is 2.15. The van der Waals surface area contributed by atoms with Crippen molar-refractivity contribution in [2.24, 2.45) is 0 Å². The van der Waals surface area contributed by atoms with Crippen molar-refractivity contribution >= 4 is 31.2 Å². The topological polar surface area (TPSA) is 76.2 Å². The van der Waals surface area contributed by atoms with Crippen molar-refractivity contribution in [3.05, 3.63) is 102 Å². The Morgan fingerprint density at radius 2 is 1.67 bits per heavy atom. The van der Waals surface area contributed by atoms with Gasteiger partial charge in [0, 0.05) is 13.1 Å². The minimum absolute atomic E-state index is 0.0800. The van der Waals surface area contributed by atoms with Crippen LogP contribution in [0.5, 0.6) is 0 Å². The number of hydrogen-bond donors (Lipinski definition) is 1. The SMILES string of the molecule is Bc1cccc(CN2C[C@H]3N(C(=O)CN(CC#C)N3C(=O)NCc3ccccc3)[C@@H](c3ccccc3)C2=O)c1. The maximum absolute atomic E-state index is 14.0. The van der Waals surface area contributed by atoms with Crippen LogP contribution in [0.2, 0.25) is 0 Å². The number of terminal acetylenes is 1. The van der Waals surface area contributed by atoms with E-state index in [-0.39, 0.29) is 37.5 Å². The molecule has 2 heterocycles. The van der Waals surface area contributed by atoms with Gasteiger partial charge in [-0.1, -0.05) is 96.3 Å². The molecule has 39 heavy (non-hydrogen) atoms. The quantitative estimate of drug-likeness (QED) is 0.393. The molecular weight excluding hydrogens is 489 g/mol. The number of hydrazine groups is 1. The second kappa shape index (κ2) is 11.5. The summed E-state index contributed by atoms with van der Waals surface area (Å²) >= 11 is 0. The molecule has 4 amide bonds. The van der Waals surface area contributed by atoms with Crippen molar-refractivity contribution in [2.45, 2.75) is 25.3 Å². The molecule has 0 spiro atoms. The molecule has 2 atom stereocenters. The Hall–Kier alpha value is -4.55. The Morgan fingerprint density at radius 1 is 0.974 bits per heavy atom. The average Bonchev–Trinajstić information content (AvgIpc) is 2.94. The van der Waals surface area contributed by atoms with Gasteiger partial charge in [-0.2, -0.15) is 5.01 Å². The van der Waals surface area contributed by atoms with E-state index in [1.54, 1.807) is 14.8 Å². The highest BCUT2D eigenvalue weighted by molar-refractivity contribution is 6.32. The first-order chi connectivity index (χ1) is 19.0. The van der Waals surface area contributed by atoms with Crippen LogP contribution in [0, 0.1) is 12.3 Å². The van der Waals surface area contributed by atoms with Crippen LogP contribution in [0.25, 0.3) is 0 Å². The summed E-state index contributed by atoms with van der Waals surface area (Å²) in [4.78, 5) is 44.6. The molecule has 3 aromatic carbocycles. The van der Waals surface area contributed by atoms with E-state index in [1.807, 2.05) is 92.8 Å². The molecule has 9 heteroatoms. The number of carbonyl (C=O) groups excluding carboxylic acids is 3. The van der Waals surface area contributed by atoms with E-state index in [1.165, 1.54) is 5.01 Å². The summed E-state index contributed by atoms with van der Waals surface area (Å²) in [7, 11) is 2.01. The summed E-state index contributed by atoms with van der Waals surface area (Å²) in [6.07, 6.45) is 4.91. The molecule has 196 valence electrons.